The van der Waals surface area contributed by atoms with Gasteiger partial charge < -0.3 is 9.84 Å². The van der Waals surface area contributed by atoms with Crippen molar-refractivity contribution in [1.29, 1.82) is 5.26 Å². The van der Waals surface area contributed by atoms with Gasteiger partial charge in [0, 0.05) is 42.5 Å². The second-order valence-corrected chi connectivity index (χ2v) is 8.85. The van der Waals surface area contributed by atoms with Crippen molar-refractivity contribution >= 4 is 11.6 Å². The molecule has 0 saturated carbocycles. The number of pyridine rings is 1. The van der Waals surface area contributed by atoms with Crippen LogP contribution in [0.1, 0.15) is 47.4 Å². The molecule has 1 aliphatic heterocycles. The second kappa shape index (κ2) is 8.27. The van der Waals surface area contributed by atoms with Crippen LogP contribution in [-0.2, 0) is 29.2 Å². The molecule has 0 amide bonds. The minimum atomic E-state index is -1.21. The van der Waals surface area contributed by atoms with Gasteiger partial charge in [-0.05, 0) is 55.3 Å². The Labute approximate surface area is 191 Å². The van der Waals surface area contributed by atoms with E-state index in [0.29, 0.717) is 34.8 Å². The van der Waals surface area contributed by atoms with Gasteiger partial charge in [-0.1, -0.05) is 29.8 Å². The third kappa shape index (κ3) is 3.78. The number of fused-ring (bicyclic) bond motifs is 1. The Bertz CT molecular complexity index is 1180. The van der Waals surface area contributed by atoms with Crippen molar-refractivity contribution in [3.63, 3.8) is 0 Å². The number of hydrogen-bond donors (Lipinski definition) is 1. The molecule has 0 radical (unpaired) electrons. The number of nitriles is 1. The molecule has 32 heavy (non-hydrogen) atoms. The zero-order valence-electron chi connectivity index (χ0n) is 18.1. The van der Waals surface area contributed by atoms with Crippen LogP contribution in [0.2, 0.25) is 5.02 Å². The summed E-state index contributed by atoms with van der Waals surface area (Å²) in [7, 11) is 1.55. The molecule has 5 nitrogen and oxygen atoms in total. The number of ether oxygens (including phenoxy) is 1. The highest BCUT2D eigenvalue weighted by Gasteiger charge is 2.49. The molecule has 1 aromatic heterocycles. The van der Waals surface area contributed by atoms with Crippen molar-refractivity contribution in [3.05, 3.63) is 99.1 Å². The standard InChI is InChI=1S/C25H23ClFN3O2/c1-24(2,31)19-10-17-14-30(15-21-9-4-16(12-28)13-29-21)25(32-3,23(17)22(27)11-19)18-5-7-20(26)8-6-18/h4-11,13,31H,14-15H2,1-3H3/t25-/m1/s1. The van der Waals surface area contributed by atoms with Crippen molar-refractivity contribution in [2.75, 3.05) is 7.11 Å². The van der Waals surface area contributed by atoms with Crippen LogP contribution in [0.15, 0.2) is 54.7 Å². The van der Waals surface area contributed by atoms with Gasteiger partial charge in [0.2, 0.25) is 0 Å². The molecule has 7 heteroatoms. The van der Waals surface area contributed by atoms with Crippen LogP contribution in [0.5, 0.6) is 0 Å². The molecule has 0 spiro atoms. The molecular formula is C25H23ClFN3O2. The quantitative estimate of drug-likeness (QED) is 0.601. The molecule has 4 rings (SSSR count). The maximum Gasteiger partial charge on any atom is 0.177 e. The molecule has 0 unspecified atom stereocenters. The average molecular weight is 452 g/mol. The zero-order valence-corrected chi connectivity index (χ0v) is 18.8. The summed E-state index contributed by atoms with van der Waals surface area (Å²) in [6.07, 6.45) is 1.52. The lowest BCUT2D eigenvalue weighted by Gasteiger charge is -2.38. The molecule has 3 aromatic rings. The van der Waals surface area contributed by atoms with Gasteiger partial charge in [0.1, 0.15) is 11.9 Å². The maximum atomic E-state index is 15.6. The number of methoxy groups -OCH3 is 1. The molecule has 0 fully saturated rings. The summed E-state index contributed by atoms with van der Waals surface area (Å²) in [5.74, 6) is -0.452. The van der Waals surface area contributed by atoms with Crippen LogP contribution in [0.3, 0.4) is 0 Å². The molecule has 1 atom stereocenters. The number of halogens is 2. The maximum absolute atomic E-state index is 15.6. The Morgan fingerprint density at radius 3 is 2.53 bits per heavy atom. The van der Waals surface area contributed by atoms with Crippen molar-refractivity contribution in [3.8, 4) is 6.07 Å². The fourth-order valence-electron chi connectivity index (χ4n) is 4.29. The number of aromatic nitrogens is 1. The zero-order chi connectivity index (χ0) is 23.1. The first-order valence-electron chi connectivity index (χ1n) is 10.2. The lowest BCUT2D eigenvalue weighted by molar-refractivity contribution is -0.109. The van der Waals surface area contributed by atoms with Gasteiger partial charge in [-0.3, -0.25) is 9.88 Å². The van der Waals surface area contributed by atoms with Crippen LogP contribution in [0, 0.1) is 17.1 Å². The highest BCUT2D eigenvalue weighted by atomic mass is 35.5. The summed E-state index contributed by atoms with van der Waals surface area (Å²) in [4.78, 5) is 6.38. The fraction of sp³-hybridized carbons (Fsp3) is 0.280. The lowest BCUT2D eigenvalue weighted by Crippen LogP contribution is -2.44. The Morgan fingerprint density at radius 2 is 1.97 bits per heavy atom. The highest BCUT2D eigenvalue weighted by molar-refractivity contribution is 6.30. The van der Waals surface area contributed by atoms with Crippen molar-refractivity contribution in [2.24, 2.45) is 0 Å². The Morgan fingerprint density at radius 1 is 1.25 bits per heavy atom. The highest BCUT2D eigenvalue weighted by Crippen LogP contribution is 2.48. The number of nitrogens with zero attached hydrogens (tertiary/aromatic N) is 3. The third-order valence-corrected chi connectivity index (χ3v) is 6.11. The average Bonchev–Trinajstić information content (AvgIpc) is 3.08. The number of hydrogen-bond acceptors (Lipinski definition) is 5. The van der Waals surface area contributed by atoms with Gasteiger partial charge >= 0.3 is 0 Å². The molecule has 0 aliphatic carbocycles. The molecule has 2 aromatic carbocycles. The van der Waals surface area contributed by atoms with Gasteiger partial charge in [-0.25, -0.2) is 4.39 Å². The normalized spacial score (nSPS) is 18.4. The lowest BCUT2D eigenvalue weighted by atomic mass is 9.89. The Balaban J connectivity index is 1.88. The van der Waals surface area contributed by atoms with E-state index in [-0.39, 0.29) is 0 Å². The number of benzene rings is 2. The first kappa shape index (κ1) is 22.4. The van der Waals surface area contributed by atoms with Gasteiger partial charge in [0.05, 0.1) is 16.9 Å². The molecule has 1 aliphatic rings. The molecule has 1 N–H and O–H groups in total. The molecule has 0 saturated heterocycles. The minimum Gasteiger partial charge on any atom is -0.386 e. The van der Waals surface area contributed by atoms with Crippen LogP contribution < -0.4 is 0 Å². The van der Waals surface area contributed by atoms with Gasteiger partial charge in [0.15, 0.2) is 5.72 Å². The molecule has 164 valence electrons. The van der Waals surface area contributed by atoms with E-state index < -0.39 is 17.1 Å². The Hall–Kier alpha value is -2.82. The summed E-state index contributed by atoms with van der Waals surface area (Å²) >= 11 is 6.11. The summed E-state index contributed by atoms with van der Waals surface area (Å²) in [5, 5.41) is 20.1. The Kier molecular flexibility index (Phi) is 5.78. The summed E-state index contributed by atoms with van der Waals surface area (Å²) in [6, 6.07) is 15.9. The van der Waals surface area contributed by atoms with E-state index in [2.05, 4.69) is 11.1 Å². The van der Waals surface area contributed by atoms with E-state index in [9.17, 15) is 5.11 Å². The summed E-state index contributed by atoms with van der Waals surface area (Å²) < 4.78 is 21.7. The van der Waals surface area contributed by atoms with Gasteiger partial charge in [0.25, 0.3) is 0 Å². The van der Waals surface area contributed by atoms with E-state index in [1.165, 1.54) is 12.3 Å². The molecular weight excluding hydrogens is 429 g/mol. The van der Waals surface area contributed by atoms with Crippen LogP contribution in [0.4, 0.5) is 4.39 Å². The van der Waals surface area contributed by atoms with E-state index in [1.807, 2.05) is 23.1 Å². The minimum absolute atomic E-state index is 0.355. The first-order valence-corrected chi connectivity index (χ1v) is 10.5. The van der Waals surface area contributed by atoms with Crippen molar-refractivity contribution in [2.45, 2.75) is 38.3 Å². The van der Waals surface area contributed by atoms with Crippen molar-refractivity contribution < 1.29 is 14.2 Å². The molecule has 0 bridgehead atoms. The summed E-state index contributed by atoms with van der Waals surface area (Å²) in [5.41, 5.74) is 1.15. The van der Waals surface area contributed by atoms with Crippen LogP contribution in [0.25, 0.3) is 0 Å². The first-order chi connectivity index (χ1) is 15.2. The van der Waals surface area contributed by atoms with E-state index >= 15 is 4.39 Å². The predicted octanol–water partition coefficient (Wildman–Crippen LogP) is 4.84. The molecule has 2 heterocycles. The third-order valence-electron chi connectivity index (χ3n) is 5.86. The number of aliphatic hydroxyl groups is 1. The van der Waals surface area contributed by atoms with Gasteiger partial charge in [-0.15, -0.1) is 0 Å². The van der Waals surface area contributed by atoms with Crippen molar-refractivity contribution in [1.82, 2.24) is 9.88 Å². The largest absolute Gasteiger partial charge is 0.386 e. The summed E-state index contributed by atoms with van der Waals surface area (Å²) in [6.45, 7) is 4.00. The topological polar surface area (TPSA) is 69.4 Å². The van der Waals surface area contributed by atoms with E-state index in [4.69, 9.17) is 21.6 Å². The van der Waals surface area contributed by atoms with E-state index in [1.54, 1.807) is 45.2 Å². The number of rotatable bonds is 5. The van der Waals surface area contributed by atoms with Gasteiger partial charge in [-0.2, -0.15) is 5.26 Å². The van der Waals surface area contributed by atoms with E-state index in [0.717, 1.165) is 16.8 Å². The SMILES string of the molecule is CO[C@]1(c2ccc(Cl)cc2)c2c(F)cc(C(C)(C)O)cc2CN1Cc1ccc(C#N)cn1. The smallest absolute Gasteiger partial charge is 0.177 e. The van der Waals surface area contributed by atoms with Crippen LogP contribution in [-0.4, -0.2) is 22.1 Å². The fourth-order valence-corrected chi connectivity index (χ4v) is 4.42. The van der Waals surface area contributed by atoms with Crippen LogP contribution >= 0.6 is 11.6 Å². The predicted molar refractivity (Wildman–Crippen MR) is 119 cm³/mol. The monoisotopic (exact) mass is 451 g/mol. The second-order valence-electron chi connectivity index (χ2n) is 8.41.